The molecule has 0 aliphatic heterocycles. The maximum absolute atomic E-state index is 12.3. The first-order chi connectivity index (χ1) is 10.0. The van der Waals surface area contributed by atoms with Gasteiger partial charge in [-0.1, -0.05) is 35.3 Å². The van der Waals surface area contributed by atoms with Crippen LogP contribution in [0.2, 0.25) is 10.0 Å². The Morgan fingerprint density at radius 2 is 1.86 bits per heavy atom. The van der Waals surface area contributed by atoms with Gasteiger partial charge in [0, 0.05) is 10.0 Å². The molecule has 0 aromatic heterocycles. The third kappa shape index (κ3) is 3.88. The van der Waals surface area contributed by atoms with Crippen molar-refractivity contribution in [3.8, 4) is 0 Å². The van der Waals surface area contributed by atoms with Crippen LogP contribution in [-0.4, -0.2) is 5.91 Å². The molecule has 0 saturated carbocycles. The first-order valence-electron chi connectivity index (χ1n) is 6.33. The van der Waals surface area contributed by atoms with Gasteiger partial charge in [0.25, 0.3) is 5.91 Å². The SMILES string of the molecule is CC(NC(=O)c1cc(Cl)ccc1NN)c1cccc(Cl)c1. The van der Waals surface area contributed by atoms with Crippen LogP contribution >= 0.6 is 23.2 Å². The Morgan fingerprint density at radius 3 is 2.52 bits per heavy atom. The Morgan fingerprint density at radius 1 is 1.14 bits per heavy atom. The molecule has 0 aliphatic rings. The van der Waals surface area contributed by atoms with Crippen molar-refractivity contribution < 1.29 is 4.79 Å². The number of carbonyl (C=O) groups is 1. The molecule has 0 bridgehead atoms. The van der Waals surface area contributed by atoms with Crippen LogP contribution in [0.1, 0.15) is 28.9 Å². The molecule has 110 valence electrons. The fourth-order valence-corrected chi connectivity index (χ4v) is 2.33. The molecule has 4 nitrogen and oxygen atoms in total. The summed E-state index contributed by atoms with van der Waals surface area (Å²) in [6.45, 7) is 1.88. The van der Waals surface area contributed by atoms with Gasteiger partial charge in [-0.25, -0.2) is 0 Å². The van der Waals surface area contributed by atoms with Crippen molar-refractivity contribution in [1.29, 1.82) is 0 Å². The molecule has 0 aliphatic carbocycles. The number of hydrogen-bond donors (Lipinski definition) is 3. The normalized spacial score (nSPS) is 11.8. The van der Waals surface area contributed by atoms with E-state index in [0.717, 1.165) is 5.56 Å². The molecule has 1 amide bonds. The minimum atomic E-state index is -0.266. The third-order valence-electron chi connectivity index (χ3n) is 3.08. The Kier molecular flexibility index (Phi) is 5.07. The van der Waals surface area contributed by atoms with Gasteiger partial charge in [0.15, 0.2) is 0 Å². The molecule has 6 heteroatoms. The molecule has 1 atom stereocenters. The molecule has 0 spiro atoms. The summed E-state index contributed by atoms with van der Waals surface area (Å²) in [5.41, 5.74) is 4.30. The van der Waals surface area contributed by atoms with Gasteiger partial charge >= 0.3 is 0 Å². The maximum atomic E-state index is 12.3. The summed E-state index contributed by atoms with van der Waals surface area (Å²) in [7, 11) is 0. The zero-order valence-electron chi connectivity index (χ0n) is 11.4. The van der Waals surface area contributed by atoms with Gasteiger partial charge in [-0.3, -0.25) is 10.6 Å². The number of hydrogen-bond acceptors (Lipinski definition) is 3. The number of amides is 1. The molecular formula is C15H15Cl2N3O. The Balaban J connectivity index is 2.20. The van der Waals surface area contributed by atoms with Gasteiger partial charge in [0.1, 0.15) is 0 Å². The van der Waals surface area contributed by atoms with Gasteiger partial charge < -0.3 is 10.7 Å². The lowest BCUT2D eigenvalue weighted by Gasteiger charge is -2.16. The quantitative estimate of drug-likeness (QED) is 0.592. The van der Waals surface area contributed by atoms with Gasteiger partial charge in [-0.05, 0) is 42.8 Å². The van der Waals surface area contributed by atoms with Gasteiger partial charge in [-0.2, -0.15) is 0 Å². The first-order valence-corrected chi connectivity index (χ1v) is 7.09. The summed E-state index contributed by atoms with van der Waals surface area (Å²) in [4.78, 5) is 12.3. The second-order valence-electron chi connectivity index (χ2n) is 4.58. The molecular weight excluding hydrogens is 309 g/mol. The van der Waals surface area contributed by atoms with Gasteiger partial charge in [0.2, 0.25) is 0 Å². The standard InChI is InChI=1S/C15H15Cl2N3O/c1-9(10-3-2-4-11(16)7-10)19-15(21)13-8-12(17)5-6-14(13)20-18/h2-9,20H,18H2,1H3,(H,19,21). The number of halogens is 2. The number of nitrogens with one attached hydrogen (secondary N) is 2. The number of benzene rings is 2. The lowest BCUT2D eigenvalue weighted by atomic mass is 10.1. The van der Waals surface area contributed by atoms with E-state index < -0.39 is 0 Å². The van der Waals surface area contributed by atoms with Crippen LogP contribution in [0.5, 0.6) is 0 Å². The smallest absolute Gasteiger partial charge is 0.253 e. The molecule has 4 N–H and O–H groups in total. The zero-order valence-corrected chi connectivity index (χ0v) is 12.9. The fourth-order valence-electron chi connectivity index (χ4n) is 1.96. The molecule has 0 fully saturated rings. The van der Waals surface area contributed by atoms with Crippen molar-refractivity contribution in [2.24, 2.45) is 5.84 Å². The van der Waals surface area contributed by atoms with E-state index in [2.05, 4.69) is 10.7 Å². The number of hydrazine groups is 1. The van der Waals surface area contributed by atoms with Crippen molar-refractivity contribution in [1.82, 2.24) is 5.32 Å². The largest absolute Gasteiger partial charge is 0.345 e. The van der Waals surface area contributed by atoms with Crippen molar-refractivity contribution in [3.05, 3.63) is 63.6 Å². The lowest BCUT2D eigenvalue weighted by molar-refractivity contribution is 0.0940. The van der Waals surface area contributed by atoms with E-state index in [9.17, 15) is 4.79 Å². The maximum Gasteiger partial charge on any atom is 0.253 e. The number of nitrogens with two attached hydrogens (primary N) is 1. The molecule has 21 heavy (non-hydrogen) atoms. The summed E-state index contributed by atoms with van der Waals surface area (Å²) >= 11 is 11.9. The van der Waals surface area contributed by atoms with Crippen molar-refractivity contribution in [3.63, 3.8) is 0 Å². The highest BCUT2D eigenvalue weighted by Gasteiger charge is 2.15. The summed E-state index contributed by atoms with van der Waals surface area (Å²) in [6.07, 6.45) is 0. The van der Waals surface area contributed by atoms with Crippen LogP contribution in [0.4, 0.5) is 5.69 Å². The number of nitrogen functional groups attached to an aromatic ring is 1. The molecule has 2 aromatic rings. The second kappa shape index (κ2) is 6.80. The average molecular weight is 324 g/mol. The van der Waals surface area contributed by atoms with E-state index >= 15 is 0 Å². The highest BCUT2D eigenvalue weighted by atomic mass is 35.5. The van der Waals surface area contributed by atoms with E-state index in [1.807, 2.05) is 25.1 Å². The van der Waals surface area contributed by atoms with Crippen LogP contribution in [0.25, 0.3) is 0 Å². The second-order valence-corrected chi connectivity index (χ2v) is 5.46. The zero-order chi connectivity index (χ0) is 15.4. The monoisotopic (exact) mass is 323 g/mol. The summed E-state index contributed by atoms with van der Waals surface area (Å²) in [5.74, 6) is 5.14. The average Bonchev–Trinajstić information content (AvgIpc) is 2.47. The van der Waals surface area contributed by atoms with Crippen LogP contribution < -0.4 is 16.6 Å². The van der Waals surface area contributed by atoms with E-state index in [0.29, 0.717) is 21.3 Å². The van der Waals surface area contributed by atoms with Crippen LogP contribution in [0.3, 0.4) is 0 Å². The van der Waals surface area contributed by atoms with Gasteiger partial charge in [0.05, 0.1) is 17.3 Å². The summed E-state index contributed by atoms with van der Waals surface area (Å²) < 4.78 is 0. The third-order valence-corrected chi connectivity index (χ3v) is 3.55. The van der Waals surface area contributed by atoms with E-state index in [4.69, 9.17) is 29.0 Å². The van der Waals surface area contributed by atoms with Crippen LogP contribution in [0.15, 0.2) is 42.5 Å². The van der Waals surface area contributed by atoms with E-state index in [1.54, 1.807) is 24.3 Å². The van der Waals surface area contributed by atoms with Crippen LogP contribution in [-0.2, 0) is 0 Å². The predicted molar refractivity (Wildman–Crippen MR) is 86.6 cm³/mol. The minimum absolute atomic E-state index is 0.194. The van der Waals surface area contributed by atoms with Gasteiger partial charge in [-0.15, -0.1) is 0 Å². The molecule has 1 unspecified atom stereocenters. The minimum Gasteiger partial charge on any atom is -0.345 e. The lowest BCUT2D eigenvalue weighted by Crippen LogP contribution is -2.28. The highest BCUT2D eigenvalue weighted by Crippen LogP contribution is 2.22. The van der Waals surface area contributed by atoms with Crippen LogP contribution in [0, 0.1) is 0 Å². The molecule has 0 heterocycles. The first kappa shape index (κ1) is 15.6. The Labute approximate surface area is 133 Å². The van der Waals surface area contributed by atoms with E-state index in [-0.39, 0.29) is 11.9 Å². The summed E-state index contributed by atoms with van der Waals surface area (Å²) in [5, 5.41) is 3.98. The van der Waals surface area contributed by atoms with Crippen molar-refractivity contribution in [2.75, 3.05) is 5.43 Å². The van der Waals surface area contributed by atoms with E-state index in [1.165, 1.54) is 0 Å². The van der Waals surface area contributed by atoms with Crippen molar-refractivity contribution >= 4 is 34.8 Å². The molecule has 2 rings (SSSR count). The molecule has 0 saturated heterocycles. The predicted octanol–water partition coefficient (Wildman–Crippen LogP) is 3.77. The van der Waals surface area contributed by atoms with Crippen molar-refractivity contribution in [2.45, 2.75) is 13.0 Å². The number of anilines is 1. The summed E-state index contributed by atoms with van der Waals surface area (Å²) in [6, 6.07) is 12.0. The Hall–Kier alpha value is -1.75. The highest BCUT2D eigenvalue weighted by molar-refractivity contribution is 6.31. The molecule has 0 radical (unpaired) electrons. The Bertz CT molecular complexity index is 661. The fraction of sp³-hybridized carbons (Fsp3) is 0.133. The molecule has 2 aromatic carbocycles. The topological polar surface area (TPSA) is 67.2 Å². The number of rotatable bonds is 4. The number of carbonyl (C=O) groups excluding carboxylic acids is 1.